The number of hydrogen-bond donors (Lipinski definition) is 3. The lowest BCUT2D eigenvalue weighted by Gasteiger charge is -2.47. The van der Waals surface area contributed by atoms with Crippen LogP contribution in [0.4, 0.5) is 0 Å². The average molecular weight is 675 g/mol. The molecule has 3 N–H and O–H groups in total. The predicted octanol–water partition coefficient (Wildman–Crippen LogP) is 6.99. The van der Waals surface area contributed by atoms with Gasteiger partial charge < -0.3 is 9.64 Å². The highest BCUT2D eigenvalue weighted by Gasteiger charge is 2.48. The van der Waals surface area contributed by atoms with Crippen molar-refractivity contribution in [2.45, 2.75) is 50.3 Å². The molecule has 2 aliphatic rings. The normalized spacial score (nSPS) is 21.3. The highest BCUT2D eigenvalue weighted by Crippen LogP contribution is 2.48. The highest BCUT2D eigenvalue weighted by atomic mass is 35.5. The summed E-state index contributed by atoms with van der Waals surface area (Å²) in [6.07, 6.45) is 3.74. The smallest absolute Gasteiger partial charge is 0.337 e. The van der Waals surface area contributed by atoms with E-state index in [1.54, 1.807) is 71.6 Å². The van der Waals surface area contributed by atoms with Gasteiger partial charge in [0.05, 0.1) is 43.0 Å². The van der Waals surface area contributed by atoms with Crippen molar-refractivity contribution in [3.8, 4) is 0 Å². The Morgan fingerprint density at radius 1 is 1.04 bits per heavy atom. The van der Waals surface area contributed by atoms with Crippen LogP contribution in [0.25, 0.3) is 0 Å². The molecule has 0 bridgehead atoms. The molecular weight excluding hydrogens is 641 g/mol. The molecule has 2 amide bonds. The van der Waals surface area contributed by atoms with Crippen molar-refractivity contribution in [2.75, 3.05) is 13.4 Å². The number of carbonyl (C=O) groups is 3. The second-order valence-corrected chi connectivity index (χ2v) is 13.6. The van der Waals surface area contributed by atoms with Crippen molar-refractivity contribution in [2.24, 2.45) is 4.40 Å². The maximum atomic E-state index is 14.4. The van der Waals surface area contributed by atoms with E-state index in [4.69, 9.17) is 32.8 Å². The minimum Gasteiger partial charge on any atom is -0.465 e. The molecule has 3 atom stereocenters. The first-order valence-corrected chi connectivity index (χ1v) is 16.9. The SMILES string of the molecule is COC(=O)c1cccc(CONC(=O)[C@H]2c3ccccc3C(=O)N([C@@H]3CCCCC3=NS(C)(O)O)[C@@H]2c2ccc(Cl)cc2Cl)c1. The van der Waals surface area contributed by atoms with Crippen LogP contribution in [0, 0.1) is 0 Å². The molecule has 45 heavy (non-hydrogen) atoms. The number of hydrogen-bond acceptors (Lipinski definition) is 8. The molecule has 3 aromatic carbocycles. The maximum absolute atomic E-state index is 14.4. The van der Waals surface area contributed by atoms with Crippen LogP contribution in [0.2, 0.25) is 10.0 Å². The summed E-state index contributed by atoms with van der Waals surface area (Å²) in [5.41, 5.74) is 5.30. The third kappa shape index (κ3) is 7.35. The number of carbonyl (C=O) groups excluding carboxylic acids is 3. The zero-order valence-corrected chi connectivity index (χ0v) is 26.9. The molecule has 0 saturated heterocycles. The van der Waals surface area contributed by atoms with Gasteiger partial charge in [-0.2, -0.15) is 4.40 Å². The second kappa shape index (κ2) is 13.9. The number of amides is 2. The van der Waals surface area contributed by atoms with Gasteiger partial charge in [-0.25, -0.2) is 10.3 Å². The summed E-state index contributed by atoms with van der Waals surface area (Å²) in [5.74, 6) is -2.35. The summed E-state index contributed by atoms with van der Waals surface area (Å²) in [7, 11) is -1.98. The molecule has 5 rings (SSSR count). The quantitative estimate of drug-likeness (QED) is 0.173. The number of fused-ring (bicyclic) bond motifs is 1. The number of esters is 1. The molecule has 0 aromatic heterocycles. The molecule has 13 heteroatoms. The average Bonchev–Trinajstić information content (AvgIpc) is 3.00. The van der Waals surface area contributed by atoms with E-state index >= 15 is 0 Å². The van der Waals surface area contributed by atoms with Crippen LogP contribution in [0.1, 0.15) is 75.0 Å². The molecule has 3 aromatic rings. The fraction of sp³-hybridized carbons (Fsp3) is 0.312. The van der Waals surface area contributed by atoms with E-state index in [0.717, 1.165) is 12.8 Å². The zero-order chi connectivity index (χ0) is 32.3. The molecule has 0 unspecified atom stereocenters. The summed E-state index contributed by atoms with van der Waals surface area (Å²) in [6.45, 7) is -0.0479. The number of nitrogens with zero attached hydrogens (tertiary/aromatic N) is 2. The van der Waals surface area contributed by atoms with E-state index in [2.05, 4.69) is 9.88 Å². The van der Waals surface area contributed by atoms with Gasteiger partial charge in [-0.3, -0.25) is 23.5 Å². The molecule has 1 fully saturated rings. The van der Waals surface area contributed by atoms with Crippen molar-refractivity contribution in [3.05, 3.63) is 105 Å². The van der Waals surface area contributed by atoms with Gasteiger partial charge >= 0.3 is 5.97 Å². The summed E-state index contributed by atoms with van der Waals surface area (Å²) in [6, 6.07) is 16.8. The molecule has 1 heterocycles. The largest absolute Gasteiger partial charge is 0.465 e. The topological polar surface area (TPSA) is 138 Å². The summed E-state index contributed by atoms with van der Waals surface area (Å²) < 4.78 is 29.6. The lowest BCUT2D eigenvalue weighted by molar-refractivity contribution is -0.138. The molecule has 238 valence electrons. The molecule has 1 aliphatic carbocycles. The van der Waals surface area contributed by atoms with Gasteiger partial charge in [0.15, 0.2) is 0 Å². The van der Waals surface area contributed by atoms with Gasteiger partial charge in [0.2, 0.25) is 0 Å². The molecule has 1 aliphatic heterocycles. The minimum atomic E-state index is -3.27. The van der Waals surface area contributed by atoms with Gasteiger partial charge in [-0.15, -0.1) is 10.8 Å². The van der Waals surface area contributed by atoms with E-state index in [1.165, 1.54) is 13.4 Å². The Kier molecular flexibility index (Phi) is 10.2. The third-order valence-corrected chi connectivity index (χ3v) is 9.01. The van der Waals surface area contributed by atoms with Crippen molar-refractivity contribution < 1.29 is 33.1 Å². The van der Waals surface area contributed by atoms with E-state index in [0.29, 0.717) is 51.4 Å². The van der Waals surface area contributed by atoms with E-state index in [9.17, 15) is 23.5 Å². The molecule has 0 radical (unpaired) electrons. The standard InChI is InChI=1S/C32H33Cl2N3O7S/c1-43-32(40)20-9-7-8-19(16-20)18-44-35-30(38)28-22-10-3-4-11-23(22)31(39)37(29(28)24-15-14-21(33)17-25(24)34)27-13-6-5-12-26(27)36-45(2,41)42/h3-4,7-11,14-17,27-29,41-42H,5-6,12-13,18H2,1-2H3,(H,35,38)/t27-,28+,29-/m1/s1. The first kappa shape index (κ1) is 32.9. The zero-order valence-electron chi connectivity index (χ0n) is 24.6. The van der Waals surface area contributed by atoms with Crippen LogP contribution >= 0.6 is 34.0 Å². The number of nitrogens with one attached hydrogen (secondary N) is 1. The van der Waals surface area contributed by atoms with Crippen molar-refractivity contribution in [1.82, 2.24) is 10.4 Å². The van der Waals surface area contributed by atoms with Gasteiger partial charge in [0.1, 0.15) is 0 Å². The number of rotatable bonds is 8. The van der Waals surface area contributed by atoms with Crippen molar-refractivity contribution in [1.29, 1.82) is 0 Å². The summed E-state index contributed by atoms with van der Waals surface area (Å²) in [5, 5.41) is 0.647. The van der Waals surface area contributed by atoms with Gasteiger partial charge in [0, 0.05) is 21.9 Å². The van der Waals surface area contributed by atoms with Crippen molar-refractivity contribution in [3.63, 3.8) is 0 Å². The molecular formula is C32H33Cl2N3O7S. The fourth-order valence-corrected chi connectivity index (χ4v) is 7.19. The Hall–Kier alpha value is -3.45. The predicted molar refractivity (Wildman–Crippen MR) is 174 cm³/mol. The number of ether oxygens (including phenoxy) is 1. The Labute approximate surface area is 272 Å². The highest BCUT2D eigenvalue weighted by molar-refractivity contribution is 8.22. The van der Waals surface area contributed by atoms with Crippen LogP contribution in [-0.4, -0.2) is 56.9 Å². The molecule has 10 nitrogen and oxygen atoms in total. The van der Waals surface area contributed by atoms with E-state index in [1.807, 2.05) is 0 Å². The summed E-state index contributed by atoms with van der Waals surface area (Å²) in [4.78, 5) is 47.7. The lowest BCUT2D eigenvalue weighted by atomic mass is 9.77. The van der Waals surface area contributed by atoms with Crippen LogP contribution in [0.15, 0.2) is 71.1 Å². The number of hydroxylamine groups is 1. The number of benzene rings is 3. The number of methoxy groups -OCH3 is 1. The Morgan fingerprint density at radius 2 is 1.82 bits per heavy atom. The van der Waals surface area contributed by atoms with Gasteiger partial charge in [-0.05, 0) is 66.3 Å². The van der Waals surface area contributed by atoms with Crippen LogP contribution in [-0.2, 0) is 21.0 Å². The Bertz CT molecular complexity index is 1640. The van der Waals surface area contributed by atoms with Crippen LogP contribution in [0.5, 0.6) is 0 Å². The monoisotopic (exact) mass is 673 g/mol. The Morgan fingerprint density at radius 3 is 2.56 bits per heavy atom. The van der Waals surface area contributed by atoms with E-state index in [-0.39, 0.29) is 17.5 Å². The van der Waals surface area contributed by atoms with Crippen molar-refractivity contribution >= 4 is 57.5 Å². The second-order valence-electron chi connectivity index (χ2n) is 11.0. The van der Waals surface area contributed by atoms with E-state index < -0.39 is 40.7 Å². The maximum Gasteiger partial charge on any atom is 0.337 e. The lowest BCUT2D eigenvalue weighted by Crippen LogP contribution is -2.54. The van der Waals surface area contributed by atoms with Crippen LogP contribution < -0.4 is 5.48 Å². The van der Waals surface area contributed by atoms with Gasteiger partial charge in [0.25, 0.3) is 11.8 Å². The molecule has 0 spiro atoms. The number of halogens is 2. The minimum absolute atomic E-state index is 0.0479. The summed E-state index contributed by atoms with van der Waals surface area (Å²) >= 11 is 13.0. The third-order valence-electron chi connectivity index (χ3n) is 7.87. The fourth-order valence-electron chi connectivity index (χ4n) is 6.02. The first-order valence-electron chi connectivity index (χ1n) is 14.3. The van der Waals surface area contributed by atoms with Gasteiger partial charge in [-0.1, -0.05) is 66.0 Å². The molecule has 1 saturated carbocycles. The van der Waals surface area contributed by atoms with Crippen LogP contribution in [0.3, 0.4) is 0 Å². The Balaban J connectivity index is 1.56. The first-order chi connectivity index (χ1) is 21.5.